The second kappa shape index (κ2) is 5.45. The van der Waals surface area contributed by atoms with Crippen molar-refractivity contribution in [1.82, 2.24) is 5.32 Å². The molecular formula is C11H20N2O2. The lowest BCUT2D eigenvalue weighted by Gasteiger charge is -2.36. The van der Waals surface area contributed by atoms with Crippen LogP contribution in [-0.2, 0) is 9.47 Å². The van der Waals surface area contributed by atoms with Crippen molar-refractivity contribution in [1.29, 1.82) is 5.26 Å². The summed E-state index contributed by atoms with van der Waals surface area (Å²) in [7, 11) is 0. The maximum atomic E-state index is 8.63. The molecule has 0 saturated carbocycles. The first kappa shape index (κ1) is 12.4. The van der Waals surface area contributed by atoms with E-state index in [1.807, 2.05) is 13.8 Å². The van der Waals surface area contributed by atoms with Gasteiger partial charge in [-0.15, -0.1) is 0 Å². The van der Waals surface area contributed by atoms with Gasteiger partial charge in [0, 0.05) is 6.04 Å². The van der Waals surface area contributed by atoms with Gasteiger partial charge >= 0.3 is 0 Å². The van der Waals surface area contributed by atoms with Gasteiger partial charge in [-0.1, -0.05) is 6.92 Å². The van der Waals surface area contributed by atoms with Gasteiger partial charge < -0.3 is 14.8 Å². The fraction of sp³-hybridized carbons (Fsp3) is 0.909. The summed E-state index contributed by atoms with van der Waals surface area (Å²) in [5.74, 6) is -0.463. The van der Waals surface area contributed by atoms with Crippen LogP contribution >= 0.6 is 0 Å². The molecule has 0 aromatic rings. The van der Waals surface area contributed by atoms with E-state index in [0.717, 1.165) is 6.42 Å². The van der Waals surface area contributed by atoms with Crippen LogP contribution in [0.2, 0.25) is 0 Å². The monoisotopic (exact) mass is 212 g/mol. The second-order valence-electron chi connectivity index (χ2n) is 4.35. The molecule has 4 nitrogen and oxygen atoms in total. The molecule has 1 aliphatic rings. The van der Waals surface area contributed by atoms with Crippen LogP contribution in [0.4, 0.5) is 0 Å². The van der Waals surface area contributed by atoms with Gasteiger partial charge in [0.2, 0.25) is 0 Å². The summed E-state index contributed by atoms with van der Waals surface area (Å²) < 4.78 is 11.1. The average Bonchev–Trinajstić information content (AvgIpc) is 2.20. The Morgan fingerprint density at radius 2 is 2.07 bits per heavy atom. The Morgan fingerprint density at radius 1 is 1.47 bits per heavy atom. The lowest BCUT2D eigenvalue weighted by Crippen LogP contribution is -2.51. The van der Waals surface area contributed by atoms with Gasteiger partial charge in [-0.3, -0.25) is 0 Å². The highest BCUT2D eigenvalue weighted by Crippen LogP contribution is 2.17. The Bertz CT molecular complexity index is 225. The van der Waals surface area contributed by atoms with Gasteiger partial charge in [-0.2, -0.15) is 5.26 Å². The smallest absolute Gasteiger partial charge is 0.162 e. The summed E-state index contributed by atoms with van der Waals surface area (Å²) in [5.41, 5.74) is 0. The Balaban J connectivity index is 2.31. The van der Waals surface area contributed by atoms with Crippen LogP contribution in [0, 0.1) is 11.3 Å². The number of hydrogen-bond acceptors (Lipinski definition) is 4. The number of rotatable bonds is 4. The molecule has 1 unspecified atom stereocenters. The zero-order valence-corrected chi connectivity index (χ0v) is 9.75. The topological polar surface area (TPSA) is 54.3 Å². The first-order valence-corrected chi connectivity index (χ1v) is 5.48. The summed E-state index contributed by atoms with van der Waals surface area (Å²) in [6.07, 6.45) is 1.49. The number of nitriles is 1. The molecule has 1 rings (SSSR count). The van der Waals surface area contributed by atoms with Crippen LogP contribution in [0.3, 0.4) is 0 Å². The molecule has 0 spiro atoms. The zero-order chi connectivity index (χ0) is 11.3. The van der Waals surface area contributed by atoms with Crippen LogP contribution in [0.5, 0.6) is 0 Å². The van der Waals surface area contributed by atoms with Crippen molar-refractivity contribution in [3.05, 3.63) is 0 Å². The SMILES string of the molecule is CCC(CC#N)NC1COC(C)(C)OC1. The van der Waals surface area contributed by atoms with E-state index in [1.54, 1.807) is 0 Å². The third-order valence-electron chi connectivity index (χ3n) is 2.57. The molecule has 0 aromatic carbocycles. The summed E-state index contributed by atoms with van der Waals surface area (Å²) in [6.45, 7) is 7.19. The van der Waals surface area contributed by atoms with Crippen molar-refractivity contribution in [3.8, 4) is 6.07 Å². The Kier molecular flexibility index (Phi) is 4.52. The number of nitrogens with one attached hydrogen (secondary N) is 1. The maximum absolute atomic E-state index is 8.63. The number of nitrogens with zero attached hydrogens (tertiary/aromatic N) is 1. The highest BCUT2D eigenvalue weighted by Gasteiger charge is 2.28. The minimum atomic E-state index is -0.463. The molecule has 1 atom stereocenters. The molecule has 0 bridgehead atoms. The van der Waals surface area contributed by atoms with Crippen molar-refractivity contribution in [2.75, 3.05) is 13.2 Å². The van der Waals surface area contributed by atoms with Gasteiger partial charge in [0.1, 0.15) is 0 Å². The fourth-order valence-corrected chi connectivity index (χ4v) is 1.55. The quantitative estimate of drug-likeness (QED) is 0.765. The Labute approximate surface area is 91.6 Å². The first-order chi connectivity index (χ1) is 7.07. The standard InChI is InChI=1S/C11H20N2O2/c1-4-9(5-6-12)13-10-7-14-11(2,3)15-8-10/h9-10,13H,4-5,7-8H2,1-3H3. The highest BCUT2D eigenvalue weighted by atomic mass is 16.7. The first-order valence-electron chi connectivity index (χ1n) is 5.48. The van der Waals surface area contributed by atoms with E-state index in [0.29, 0.717) is 19.6 Å². The van der Waals surface area contributed by atoms with Gasteiger partial charge in [0.25, 0.3) is 0 Å². The molecular weight excluding hydrogens is 192 g/mol. The molecule has 1 fully saturated rings. The predicted octanol–water partition coefficient (Wildman–Crippen LogP) is 1.42. The molecule has 4 heteroatoms. The van der Waals surface area contributed by atoms with E-state index in [4.69, 9.17) is 14.7 Å². The van der Waals surface area contributed by atoms with E-state index >= 15 is 0 Å². The third-order valence-corrected chi connectivity index (χ3v) is 2.57. The second-order valence-corrected chi connectivity index (χ2v) is 4.35. The van der Waals surface area contributed by atoms with Crippen molar-refractivity contribution < 1.29 is 9.47 Å². The lowest BCUT2D eigenvalue weighted by atomic mass is 10.1. The van der Waals surface area contributed by atoms with Crippen LogP contribution in [0.1, 0.15) is 33.6 Å². The Hall–Kier alpha value is -0.630. The summed E-state index contributed by atoms with van der Waals surface area (Å²) in [4.78, 5) is 0. The van der Waals surface area contributed by atoms with Crippen molar-refractivity contribution >= 4 is 0 Å². The minimum absolute atomic E-state index is 0.205. The van der Waals surface area contributed by atoms with Crippen LogP contribution in [-0.4, -0.2) is 31.1 Å². The van der Waals surface area contributed by atoms with Gasteiger partial charge in [0.15, 0.2) is 5.79 Å². The van der Waals surface area contributed by atoms with E-state index in [-0.39, 0.29) is 12.1 Å². The molecule has 15 heavy (non-hydrogen) atoms. The van der Waals surface area contributed by atoms with Crippen LogP contribution in [0.15, 0.2) is 0 Å². The van der Waals surface area contributed by atoms with Gasteiger partial charge in [0.05, 0.1) is 31.7 Å². The number of hydrogen-bond donors (Lipinski definition) is 1. The summed E-state index contributed by atoms with van der Waals surface area (Å²) in [5, 5.41) is 12.0. The zero-order valence-electron chi connectivity index (χ0n) is 9.75. The van der Waals surface area contributed by atoms with E-state index in [1.165, 1.54) is 0 Å². The van der Waals surface area contributed by atoms with Gasteiger partial charge in [-0.05, 0) is 20.3 Å². The molecule has 0 radical (unpaired) electrons. The van der Waals surface area contributed by atoms with Crippen molar-refractivity contribution in [2.24, 2.45) is 0 Å². The van der Waals surface area contributed by atoms with Crippen LogP contribution in [0.25, 0.3) is 0 Å². The molecule has 1 heterocycles. The maximum Gasteiger partial charge on any atom is 0.162 e. The summed E-state index contributed by atoms with van der Waals surface area (Å²) >= 11 is 0. The molecule has 0 aromatic heterocycles. The largest absolute Gasteiger partial charge is 0.349 e. The predicted molar refractivity (Wildman–Crippen MR) is 57.2 cm³/mol. The van der Waals surface area contributed by atoms with E-state index in [9.17, 15) is 0 Å². The average molecular weight is 212 g/mol. The van der Waals surface area contributed by atoms with Crippen molar-refractivity contribution in [2.45, 2.75) is 51.5 Å². The fourth-order valence-electron chi connectivity index (χ4n) is 1.55. The molecule has 0 amide bonds. The molecule has 1 aliphatic heterocycles. The molecule has 1 N–H and O–H groups in total. The Morgan fingerprint density at radius 3 is 2.53 bits per heavy atom. The normalized spacial score (nSPS) is 23.3. The van der Waals surface area contributed by atoms with E-state index < -0.39 is 5.79 Å². The van der Waals surface area contributed by atoms with Crippen LogP contribution < -0.4 is 5.32 Å². The minimum Gasteiger partial charge on any atom is -0.349 e. The molecule has 86 valence electrons. The molecule has 0 aliphatic carbocycles. The summed E-state index contributed by atoms with van der Waals surface area (Å²) in [6, 6.07) is 2.63. The number of ether oxygens (including phenoxy) is 2. The van der Waals surface area contributed by atoms with E-state index in [2.05, 4.69) is 18.3 Å². The molecule has 1 saturated heterocycles. The highest BCUT2D eigenvalue weighted by molar-refractivity contribution is 4.84. The lowest BCUT2D eigenvalue weighted by molar-refractivity contribution is -0.253. The van der Waals surface area contributed by atoms with Crippen molar-refractivity contribution in [3.63, 3.8) is 0 Å². The van der Waals surface area contributed by atoms with Gasteiger partial charge in [-0.25, -0.2) is 0 Å². The third kappa shape index (κ3) is 4.17.